The molecule has 1 aromatic rings. The molecule has 0 aliphatic rings. The lowest BCUT2D eigenvalue weighted by Gasteiger charge is -2.04. The summed E-state index contributed by atoms with van der Waals surface area (Å²) in [6.07, 6.45) is 16.9. The average Bonchev–Trinajstić information content (AvgIpc) is 2.66. The van der Waals surface area contributed by atoms with E-state index in [-0.39, 0.29) is 0 Å². The highest BCUT2D eigenvalue weighted by Gasteiger charge is 1.92. The van der Waals surface area contributed by atoms with E-state index in [0.29, 0.717) is 0 Å². The maximum absolute atomic E-state index is 10.3. The van der Waals surface area contributed by atoms with E-state index in [2.05, 4.69) is 24.5 Å². The molecule has 156 valence electrons. The van der Waals surface area contributed by atoms with Crippen molar-refractivity contribution in [2.75, 3.05) is 18.4 Å². The van der Waals surface area contributed by atoms with E-state index in [9.17, 15) is 4.79 Å². The van der Waals surface area contributed by atoms with Crippen LogP contribution in [0.5, 0.6) is 0 Å². The lowest BCUT2D eigenvalue weighted by molar-refractivity contribution is 0.259. The van der Waals surface area contributed by atoms with Gasteiger partial charge < -0.3 is 16.4 Å². The Morgan fingerprint density at radius 2 is 1.19 bits per heavy atom. The van der Waals surface area contributed by atoms with Crippen LogP contribution in [0.25, 0.3) is 0 Å². The monoisotopic (exact) mass is 377 g/mol. The van der Waals surface area contributed by atoms with Crippen molar-refractivity contribution in [3.63, 3.8) is 0 Å². The van der Waals surface area contributed by atoms with Crippen LogP contribution in [0.3, 0.4) is 0 Å². The van der Waals surface area contributed by atoms with Gasteiger partial charge in [0.2, 0.25) is 0 Å². The number of para-hydroxylation sites is 1. The number of benzene rings is 1. The third-order valence-electron chi connectivity index (χ3n) is 4.46. The number of primary amides is 1. The normalized spacial score (nSPS) is 10.1. The van der Waals surface area contributed by atoms with Crippen LogP contribution >= 0.6 is 0 Å². The van der Waals surface area contributed by atoms with Gasteiger partial charge in [-0.1, -0.05) is 96.3 Å². The fourth-order valence-electron chi connectivity index (χ4n) is 2.85. The van der Waals surface area contributed by atoms with Crippen molar-refractivity contribution in [1.82, 2.24) is 5.32 Å². The first-order valence-corrected chi connectivity index (χ1v) is 11.0. The van der Waals surface area contributed by atoms with Crippen LogP contribution in [-0.4, -0.2) is 19.1 Å². The molecule has 0 saturated carbocycles. The number of carbonyl (C=O) groups is 1. The Labute approximate surface area is 167 Å². The molecule has 0 aromatic heterocycles. The minimum absolute atomic E-state index is 0.536. The predicted octanol–water partition coefficient (Wildman–Crippen LogP) is 6.47. The van der Waals surface area contributed by atoms with Gasteiger partial charge in [0.1, 0.15) is 0 Å². The third-order valence-corrected chi connectivity index (χ3v) is 4.46. The lowest BCUT2D eigenvalue weighted by Crippen LogP contribution is -2.18. The molecule has 0 aliphatic carbocycles. The van der Waals surface area contributed by atoms with Gasteiger partial charge in [0, 0.05) is 5.69 Å². The van der Waals surface area contributed by atoms with E-state index >= 15 is 0 Å². The zero-order chi connectivity index (χ0) is 20.0. The minimum Gasteiger partial charge on any atom is -0.351 e. The Hall–Kier alpha value is -1.55. The Morgan fingerprint density at radius 1 is 0.741 bits per heavy atom. The van der Waals surface area contributed by atoms with Crippen molar-refractivity contribution < 1.29 is 4.79 Å². The predicted molar refractivity (Wildman–Crippen MR) is 119 cm³/mol. The fourth-order valence-corrected chi connectivity index (χ4v) is 2.85. The summed E-state index contributed by atoms with van der Waals surface area (Å²) in [4.78, 5) is 10.3. The highest BCUT2D eigenvalue weighted by molar-refractivity contribution is 5.87. The van der Waals surface area contributed by atoms with Gasteiger partial charge in [-0.05, 0) is 38.1 Å². The van der Waals surface area contributed by atoms with E-state index in [1.165, 1.54) is 90.1 Å². The van der Waals surface area contributed by atoms with Crippen LogP contribution in [0.2, 0.25) is 0 Å². The lowest BCUT2D eigenvalue weighted by atomic mass is 10.1. The molecule has 4 nitrogen and oxygen atoms in total. The van der Waals surface area contributed by atoms with Crippen molar-refractivity contribution in [1.29, 1.82) is 0 Å². The number of unbranched alkanes of at least 4 members (excludes halogenated alkanes) is 10. The van der Waals surface area contributed by atoms with E-state index in [0.717, 1.165) is 5.69 Å². The van der Waals surface area contributed by atoms with Crippen molar-refractivity contribution in [2.45, 2.75) is 90.9 Å². The summed E-state index contributed by atoms with van der Waals surface area (Å²) < 4.78 is 0. The molecule has 4 heteroatoms. The Morgan fingerprint density at radius 3 is 1.63 bits per heavy atom. The Bertz CT molecular complexity index is 409. The van der Waals surface area contributed by atoms with Crippen molar-refractivity contribution >= 4 is 11.7 Å². The highest BCUT2D eigenvalue weighted by Crippen LogP contribution is 2.05. The summed E-state index contributed by atoms with van der Waals surface area (Å²) in [6.45, 7) is 7.03. The maximum atomic E-state index is 10.3. The van der Waals surface area contributed by atoms with E-state index in [4.69, 9.17) is 5.73 Å². The maximum Gasteiger partial charge on any atom is 0.316 e. The number of rotatable bonds is 15. The van der Waals surface area contributed by atoms with Crippen molar-refractivity contribution in [3.05, 3.63) is 30.3 Å². The second kappa shape index (κ2) is 20.8. The quantitative estimate of drug-likeness (QED) is 0.306. The van der Waals surface area contributed by atoms with Gasteiger partial charge in [-0.15, -0.1) is 0 Å². The van der Waals surface area contributed by atoms with Gasteiger partial charge in [0.05, 0.1) is 0 Å². The van der Waals surface area contributed by atoms with Gasteiger partial charge in [0.15, 0.2) is 0 Å². The third kappa shape index (κ3) is 20.6. The number of nitrogens with two attached hydrogens (primary N) is 1. The van der Waals surface area contributed by atoms with Crippen molar-refractivity contribution in [3.8, 4) is 0 Å². The fraction of sp³-hybridized carbons (Fsp3) is 0.696. The smallest absolute Gasteiger partial charge is 0.316 e. The number of hydrogen-bond donors (Lipinski definition) is 3. The first kappa shape index (κ1) is 25.4. The molecule has 0 spiro atoms. The largest absolute Gasteiger partial charge is 0.351 e. The summed E-state index contributed by atoms with van der Waals surface area (Å²) in [7, 11) is 0. The molecular weight excluding hydrogens is 334 g/mol. The SMILES string of the molecule is CCCCCCCCNCCCCCCCC.NC(=O)Nc1ccccc1. The average molecular weight is 378 g/mol. The van der Waals surface area contributed by atoms with Gasteiger partial charge in [-0.3, -0.25) is 0 Å². The van der Waals surface area contributed by atoms with Crippen LogP contribution in [0, 0.1) is 0 Å². The Kier molecular flexibility index (Phi) is 19.6. The second-order valence-corrected chi connectivity index (χ2v) is 7.14. The van der Waals surface area contributed by atoms with Gasteiger partial charge in [-0.25, -0.2) is 4.79 Å². The van der Waals surface area contributed by atoms with E-state index < -0.39 is 6.03 Å². The van der Waals surface area contributed by atoms with Crippen LogP contribution in [0.1, 0.15) is 90.9 Å². The molecule has 0 fully saturated rings. The summed E-state index contributed by atoms with van der Waals surface area (Å²) in [6, 6.07) is 8.52. The standard InChI is InChI=1S/C16H35N.C7H8N2O/c1-3-5-7-9-11-13-15-17-16-14-12-10-8-6-4-2;8-7(10)9-6-4-2-1-3-5-6/h17H,3-16H2,1-2H3;1-5H,(H3,8,9,10). The summed E-state index contributed by atoms with van der Waals surface area (Å²) in [5.41, 5.74) is 5.59. The zero-order valence-electron chi connectivity index (χ0n) is 17.8. The molecule has 27 heavy (non-hydrogen) atoms. The molecule has 1 aromatic carbocycles. The molecule has 0 saturated heterocycles. The number of urea groups is 1. The number of anilines is 1. The van der Waals surface area contributed by atoms with Crippen LogP contribution in [0.4, 0.5) is 10.5 Å². The first-order chi connectivity index (χ1) is 13.2. The second-order valence-electron chi connectivity index (χ2n) is 7.14. The molecule has 2 amide bonds. The number of nitrogens with one attached hydrogen (secondary N) is 2. The van der Waals surface area contributed by atoms with Crippen molar-refractivity contribution in [2.24, 2.45) is 5.73 Å². The van der Waals surface area contributed by atoms with Crippen LogP contribution in [-0.2, 0) is 0 Å². The van der Waals surface area contributed by atoms with Crippen LogP contribution in [0.15, 0.2) is 30.3 Å². The summed E-state index contributed by atoms with van der Waals surface area (Å²) in [5.74, 6) is 0. The summed E-state index contributed by atoms with van der Waals surface area (Å²) in [5, 5.41) is 6.01. The van der Waals surface area contributed by atoms with Gasteiger partial charge in [-0.2, -0.15) is 0 Å². The molecule has 1 rings (SSSR count). The molecule has 0 unspecified atom stereocenters. The number of hydrogen-bond acceptors (Lipinski definition) is 2. The Balaban J connectivity index is 0.000000569. The first-order valence-electron chi connectivity index (χ1n) is 11.0. The molecule has 0 aliphatic heterocycles. The zero-order valence-corrected chi connectivity index (χ0v) is 17.8. The number of amides is 2. The minimum atomic E-state index is -0.536. The molecular formula is C23H43N3O. The summed E-state index contributed by atoms with van der Waals surface area (Å²) >= 11 is 0. The number of carbonyl (C=O) groups excluding carboxylic acids is 1. The molecule has 4 N–H and O–H groups in total. The van der Waals surface area contributed by atoms with Gasteiger partial charge >= 0.3 is 6.03 Å². The molecule has 0 heterocycles. The van der Waals surface area contributed by atoms with E-state index in [1.54, 1.807) is 12.1 Å². The molecule has 0 radical (unpaired) electrons. The van der Waals surface area contributed by atoms with Crippen LogP contribution < -0.4 is 16.4 Å². The topological polar surface area (TPSA) is 67.1 Å². The molecule has 0 atom stereocenters. The molecule has 0 bridgehead atoms. The highest BCUT2D eigenvalue weighted by atomic mass is 16.2. The van der Waals surface area contributed by atoms with Gasteiger partial charge in [0.25, 0.3) is 0 Å². The van der Waals surface area contributed by atoms with E-state index in [1.807, 2.05) is 18.2 Å².